The summed E-state index contributed by atoms with van der Waals surface area (Å²) in [7, 11) is -12.0. The minimum absolute atomic E-state index is 0.208. The molecule has 0 aliphatic carbocycles. The Kier molecular flexibility index (Phi) is 17.1. The second-order valence-electron chi connectivity index (χ2n) is 13.6. The number of hydrogen-bond donors (Lipinski definition) is 0. The Hall–Kier alpha value is -6.07. The highest BCUT2D eigenvalue weighted by molar-refractivity contribution is 8.02. The summed E-state index contributed by atoms with van der Waals surface area (Å²) in [6.45, 7) is 0. The van der Waals surface area contributed by atoms with Crippen molar-refractivity contribution in [2.24, 2.45) is 0 Å². The van der Waals surface area contributed by atoms with E-state index >= 15 is 0 Å². The average molecular weight is 1050 g/mol. The van der Waals surface area contributed by atoms with Crippen LogP contribution in [0.3, 0.4) is 0 Å². The maximum Gasteiger partial charge on any atom is 0.200 e. The second-order valence-corrected chi connectivity index (χ2v) is 21.3. The van der Waals surface area contributed by atoms with Gasteiger partial charge in [-0.3, -0.25) is 0 Å². The molecular weight excluding hydrogens is 1020 g/mol. The molecule has 0 bridgehead atoms. The van der Waals surface area contributed by atoms with Gasteiger partial charge < -0.3 is 9.11 Å². The Balaban J connectivity index is 0.000000214. The Labute approximate surface area is 398 Å². The summed E-state index contributed by atoms with van der Waals surface area (Å²) in [5.74, 6) is -25.7. The van der Waals surface area contributed by atoms with Crippen molar-refractivity contribution in [2.75, 3.05) is 0 Å². The molecule has 0 N–H and O–H groups in total. The van der Waals surface area contributed by atoms with Crippen LogP contribution in [0.5, 0.6) is 0 Å². The average Bonchev–Trinajstić information content (AvgIpc) is 3.34. The third kappa shape index (κ3) is 12.0. The van der Waals surface area contributed by atoms with Crippen molar-refractivity contribution in [2.45, 2.75) is 49.0 Å². The van der Waals surface area contributed by atoms with Crippen molar-refractivity contribution in [3.8, 4) is 0 Å². The molecule has 0 aliphatic rings. The first-order chi connectivity index (χ1) is 32.7. The van der Waals surface area contributed by atoms with E-state index in [0.29, 0.717) is 0 Å². The standard InChI is InChI=1S/C36H28S3.2C6HF5O3S/c1-5-17-29(18-6-1)38(30-19-7-2-8-20-30)35-27-15-13-25-33(35)37-34-26-14-16-28-36(34)39(31-21-9-3-10-22-31)32-23-11-4-12-24-32;2*7-1-2(8)4(10)6(15(12,13)14)5(11)3(1)9/h1-28H;2*(H,12,13,14)/q+2;;/p-2. The van der Waals surface area contributed by atoms with E-state index in [4.69, 9.17) is 0 Å². The maximum absolute atomic E-state index is 12.6. The molecule has 0 saturated carbocycles. The Morgan fingerprint density at radius 3 is 0.739 bits per heavy atom. The predicted octanol–water partition coefficient (Wildman–Crippen LogP) is 12.6. The summed E-state index contributed by atoms with van der Waals surface area (Å²) in [4.78, 5) is 5.88. The zero-order valence-corrected chi connectivity index (χ0v) is 38.5. The van der Waals surface area contributed by atoms with E-state index in [0.717, 1.165) is 0 Å². The van der Waals surface area contributed by atoms with E-state index in [1.54, 1.807) is 0 Å². The molecule has 21 heteroatoms. The summed E-state index contributed by atoms with van der Waals surface area (Å²) >= 11 is 1.89. The summed E-state index contributed by atoms with van der Waals surface area (Å²) in [6.07, 6.45) is 0. The lowest BCUT2D eigenvalue weighted by Gasteiger charge is -2.14. The van der Waals surface area contributed by atoms with Gasteiger partial charge in [0.05, 0.1) is 9.79 Å². The van der Waals surface area contributed by atoms with Gasteiger partial charge in [0.15, 0.2) is 75.9 Å². The van der Waals surface area contributed by atoms with Gasteiger partial charge in [0.25, 0.3) is 0 Å². The van der Waals surface area contributed by atoms with E-state index in [9.17, 15) is 69.8 Å². The fourth-order valence-corrected chi connectivity index (χ4v) is 13.2. The van der Waals surface area contributed by atoms with Gasteiger partial charge in [-0.15, -0.1) is 0 Å². The van der Waals surface area contributed by atoms with Crippen LogP contribution in [-0.4, -0.2) is 25.9 Å². The van der Waals surface area contributed by atoms with Crippen molar-refractivity contribution < 1.29 is 69.8 Å². The van der Waals surface area contributed by atoms with Gasteiger partial charge in [0.1, 0.15) is 51.8 Å². The molecule has 0 radical (unpaired) electrons. The molecule has 0 unspecified atom stereocenters. The third-order valence-corrected chi connectivity index (χ3v) is 16.8. The number of rotatable bonds is 10. The lowest BCUT2D eigenvalue weighted by atomic mass is 10.3. The second kappa shape index (κ2) is 22.6. The molecule has 356 valence electrons. The molecule has 8 rings (SSSR count). The van der Waals surface area contributed by atoms with Crippen LogP contribution in [0.4, 0.5) is 43.9 Å². The zero-order chi connectivity index (χ0) is 50.2. The largest absolute Gasteiger partial charge is 0.744 e. The van der Waals surface area contributed by atoms with Crippen LogP contribution >= 0.6 is 11.8 Å². The van der Waals surface area contributed by atoms with Gasteiger partial charge in [0, 0.05) is 0 Å². The summed E-state index contributed by atoms with van der Waals surface area (Å²) < 4.78 is 186. The minimum Gasteiger partial charge on any atom is -0.744 e. The lowest BCUT2D eigenvalue weighted by molar-refractivity contribution is 0.350. The van der Waals surface area contributed by atoms with Crippen LogP contribution in [0.2, 0.25) is 0 Å². The van der Waals surface area contributed by atoms with Crippen molar-refractivity contribution in [1.29, 1.82) is 0 Å². The minimum atomic E-state index is -5.77. The van der Waals surface area contributed by atoms with Crippen LogP contribution in [0, 0.1) is 58.2 Å². The van der Waals surface area contributed by atoms with Gasteiger partial charge in [-0.25, -0.2) is 60.7 Å². The monoisotopic (exact) mass is 1050 g/mol. The van der Waals surface area contributed by atoms with Gasteiger partial charge in [0.2, 0.25) is 11.6 Å². The molecule has 0 amide bonds. The highest BCUT2D eigenvalue weighted by atomic mass is 32.2. The van der Waals surface area contributed by atoms with E-state index < -0.39 is 88.2 Å². The summed E-state index contributed by atoms with van der Waals surface area (Å²) in [5.41, 5.74) is 0. The fourth-order valence-electron chi connectivity index (χ4n) is 6.14. The SMILES string of the molecule is O=S(=O)([O-])c1c(F)c(F)c(F)c(F)c1F.O=S(=O)([O-])c1c(F)c(F)c(F)c(F)c1F.c1ccc([S+](c2ccccc2)c2ccccc2Sc2ccccc2[S+](c2ccccc2)c2ccccc2)cc1. The third-order valence-electron chi connectivity index (χ3n) is 9.11. The van der Waals surface area contributed by atoms with Crippen LogP contribution in [0.1, 0.15) is 0 Å². The first-order valence-corrected chi connectivity index (χ1v) is 25.3. The van der Waals surface area contributed by atoms with E-state index in [-0.39, 0.29) is 21.8 Å². The lowest BCUT2D eigenvalue weighted by Crippen LogP contribution is -2.12. The molecule has 0 spiro atoms. The molecule has 8 aromatic carbocycles. The van der Waals surface area contributed by atoms with Crippen molar-refractivity contribution in [3.05, 3.63) is 228 Å². The maximum atomic E-state index is 12.6. The first kappa shape index (κ1) is 52.3. The van der Waals surface area contributed by atoms with Gasteiger partial charge in [-0.1, -0.05) is 109 Å². The first-order valence-electron chi connectivity index (χ1n) is 19.2. The quantitative estimate of drug-likeness (QED) is 0.0440. The van der Waals surface area contributed by atoms with E-state index in [1.807, 2.05) is 11.8 Å². The zero-order valence-electron chi connectivity index (χ0n) is 34.4. The fraction of sp³-hybridized carbons (Fsp3) is 0. The molecule has 0 saturated heterocycles. The highest BCUT2D eigenvalue weighted by Gasteiger charge is 2.35. The Bertz CT molecular complexity index is 2970. The summed E-state index contributed by atoms with van der Waals surface area (Å²) in [5, 5.41) is 0. The Morgan fingerprint density at radius 2 is 0.507 bits per heavy atom. The van der Waals surface area contributed by atoms with E-state index in [1.165, 1.54) is 39.2 Å². The van der Waals surface area contributed by atoms with Gasteiger partial charge in [-0.05, 0) is 72.8 Å². The molecule has 0 fully saturated rings. The summed E-state index contributed by atoms with van der Waals surface area (Å²) in [6, 6.07) is 61.5. The predicted molar refractivity (Wildman–Crippen MR) is 235 cm³/mol. The van der Waals surface area contributed by atoms with Crippen molar-refractivity contribution in [3.63, 3.8) is 0 Å². The Morgan fingerprint density at radius 1 is 0.304 bits per heavy atom. The van der Waals surface area contributed by atoms with Crippen molar-refractivity contribution in [1.82, 2.24) is 0 Å². The van der Waals surface area contributed by atoms with Gasteiger partial charge in [-0.2, -0.15) is 0 Å². The van der Waals surface area contributed by atoms with Crippen LogP contribution in [0.25, 0.3) is 0 Å². The number of benzene rings is 8. The van der Waals surface area contributed by atoms with Gasteiger partial charge >= 0.3 is 0 Å². The van der Waals surface area contributed by atoms with Crippen LogP contribution in [-0.2, 0) is 42.0 Å². The van der Waals surface area contributed by atoms with Crippen molar-refractivity contribution >= 4 is 53.8 Å². The molecule has 69 heavy (non-hydrogen) atoms. The van der Waals surface area contributed by atoms with Crippen LogP contribution in [0.15, 0.2) is 219 Å². The topological polar surface area (TPSA) is 114 Å². The molecule has 0 heterocycles. The normalized spacial score (nSPS) is 11.4. The molecular formula is C48H28F10O6S5. The van der Waals surface area contributed by atoms with Crippen LogP contribution < -0.4 is 0 Å². The number of hydrogen-bond acceptors (Lipinski definition) is 7. The molecule has 6 nitrogen and oxygen atoms in total. The highest BCUT2D eigenvalue weighted by Crippen LogP contribution is 2.44. The smallest absolute Gasteiger partial charge is 0.200 e. The van der Waals surface area contributed by atoms with E-state index in [2.05, 4.69) is 170 Å². The molecule has 0 aromatic heterocycles. The molecule has 0 aliphatic heterocycles. The molecule has 0 atom stereocenters. The molecule has 8 aromatic rings. The number of halogens is 10.